The van der Waals surface area contributed by atoms with Crippen LogP contribution in [0.3, 0.4) is 0 Å². The summed E-state index contributed by atoms with van der Waals surface area (Å²) in [5.74, 6) is -0.510. The molecule has 0 bridgehead atoms. The van der Waals surface area contributed by atoms with Crippen LogP contribution in [0.5, 0.6) is 0 Å². The number of aryl methyl sites for hydroxylation is 1. The molecule has 0 aliphatic carbocycles. The molecule has 5 nitrogen and oxygen atoms in total. The Labute approximate surface area is 154 Å². The number of amides is 1. The van der Waals surface area contributed by atoms with Gasteiger partial charge in [0.25, 0.3) is 11.5 Å². The van der Waals surface area contributed by atoms with Crippen LogP contribution in [-0.2, 0) is 6.42 Å². The summed E-state index contributed by atoms with van der Waals surface area (Å²) in [7, 11) is 0. The standard InChI is InChI=1S/C18H15Cl2N3O2/c1-2-4-12-9-11-5-3-8-21-16(11)23(18(12)25)22-17(24)14-7-6-13(19)10-15(14)20/h3,5-10H,2,4H2,1H3,(H,22,24). The Morgan fingerprint density at radius 3 is 2.76 bits per heavy atom. The highest BCUT2D eigenvalue weighted by atomic mass is 35.5. The van der Waals surface area contributed by atoms with Crippen molar-refractivity contribution in [1.82, 2.24) is 9.66 Å². The van der Waals surface area contributed by atoms with Crippen molar-refractivity contribution in [1.29, 1.82) is 0 Å². The average molecular weight is 376 g/mol. The lowest BCUT2D eigenvalue weighted by Gasteiger charge is -2.13. The van der Waals surface area contributed by atoms with Crippen LogP contribution in [0.15, 0.2) is 47.4 Å². The maximum Gasteiger partial charge on any atom is 0.274 e. The first-order chi connectivity index (χ1) is 12.0. The highest BCUT2D eigenvalue weighted by Gasteiger charge is 2.15. The number of pyridine rings is 2. The highest BCUT2D eigenvalue weighted by molar-refractivity contribution is 6.37. The minimum absolute atomic E-state index is 0.208. The lowest BCUT2D eigenvalue weighted by atomic mass is 10.1. The van der Waals surface area contributed by atoms with Crippen molar-refractivity contribution in [3.05, 3.63) is 74.1 Å². The smallest absolute Gasteiger partial charge is 0.267 e. The van der Waals surface area contributed by atoms with E-state index < -0.39 is 5.91 Å². The number of nitrogens with one attached hydrogen (secondary N) is 1. The number of rotatable bonds is 4. The van der Waals surface area contributed by atoms with E-state index in [9.17, 15) is 9.59 Å². The topological polar surface area (TPSA) is 64.0 Å². The van der Waals surface area contributed by atoms with E-state index in [2.05, 4.69) is 10.4 Å². The number of carbonyl (C=O) groups excluding carboxylic acids is 1. The fourth-order valence-electron chi connectivity index (χ4n) is 2.59. The van der Waals surface area contributed by atoms with Gasteiger partial charge >= 0.3 is 0 Å². The van der Waals surface area contributed by atoms with Gasteiger partial charge in [-0.1, -0.05) is 36.5 Å². The van der Waals surface area contributed by atoms with Crippen LogP contribution in [0.2, 0.25) is 10.0 Å². The van der Waals surface area contributed by atoms with E-state index in [-0.39, 0.29) is 16.1 Å². The summed E-state index contributed by atoms with van der Waals surface area (Å²) in [5, 5.41) is 1.41. The monoisotopic (exact) mass is 375 g/mol. The maximum atomic E-state index is 12.7. The molecule has 0 fully saturated rings. The van der Waals surface area contributed by atoms with E-state index in [1.54, 1.807) is 18.3 Å². The van der Waals surface area contributed by atoms with Gasteiger partial charge in [-0.3, -0.25) is 15.0 Å². The normalized spacial score (nSPS) is 10.8. The third-order valence-electron chi connectivity index (χ3n) is 3.74. The molecule has 0 unspecified atom stereocenters. The van der Waals surface area contributed by atoms with Gasteiger partial charge in [0.2, 0.25) is 0 Å². The van der Waals surface area contributed by atoms with Crippen molar-refractivity contribution in [2.45, 2.75) is 19.8 Å². The summed E-state index contributed by atoms with van der Waals surface area (Å²) in [5.41, 5.74) is 3.53. The quantitative estimate of drug-likeness (QED) is 0.748. The Morgan fingerprint density at radius 2 is 2.04 bits per heavy atom. The fraction of sp³-hybridized carbons (Fsp3) is 0.167. The Morgan fingerprint density at radius 1 is 1.24 bits per heavy atom. The van der Waals surface area contributed by atoms with Crippen molar-refractivity contribution < 1.29 is 4.79 Å². The Hall–Kier alpha value is -2.37. The van der Waals surface area contributed by atoms with E-state index in [0.717, 1.165) is 11.8 Å². The zero-order valence-corrected chi connectivity index (χ0v) is 14.9. The van der Waals surface area contributed by atoms with Gasteiger partial charge in [-0.15, -0.1) is 0 Å². The second-order valence-electron chi connectivity index (χ2n) is 5.54. The van der Waals surface area contributed by atoms with Crippen LogP contribution in [0.4, 0.5) is 0 Å². The predicted octanol–water partition coefficient (Wildman–Crippen LogP) is 4.04. The summed E-state index contributed by atoms with van der Waals surface area (Å²) in [6, 6.07) is 9.99. The van der Waals surface area contributed by atoms with Crippen LogP contribution >= 0.6 is 23.2 Å². The van der Waals surface area contributed by atoms with Crippen molar-refractivity contribution in [3.63, 3.8) is 0 Å². The second kappa shape index (κ2) is 7.25. The molecule has 128 valence electrons. The minimum Gasteiger partial charge on any atom is -0.267 e. The van der Waals surface area contributed by atoms with Gasteiger partial charge in [0.15, 0.2) is 5.65 Å². The fourth-order valence-corrected chi connectivity index (χ4v) is 3.08. The summed E-state index contributed by atoms with van der Waals surface area (Å²) < 4.78 is 1.17. The van der Waals surface area contributed by atoms with E-state index in [0.29, 0.717) is 22.7 Å². The van der Waals surface area contributed by atoms with E-state index in [1.807, 2.05) is 19.1 Å². The molecule has 3 rings (SSSR count). The molecule has 0 saturated heterocycles. The van der Waals surface area contributed by atoms with Gasteiger partial charge in [0, 0.05) is 22.2 Å². The number of carbonyl (C=O) groups is 1. The van der Waals surface area contributed by atoms with Crippen LogP contribution in [0.25, 0.3) is 11.0 Å². The lowest BCUT2D eigenvalue weighted by molar-refractivity contribution is 0.101. The van der Waals surface area contributed by atoms with Crippen LogP contribution in [0.1, 0.15) is 29.3 Å². The zero-order valence-electron chi connectivity index (χ0n) is 13.4. The van der Waals surface area contributed by atoms with Gasteiger partial charge < -0.3 is 0 Å². The van der Waals surface area contributed by atoms with Crippen molar-refractivity contribution in [2.24, 2.45) is 0 Å². The molecular formula is C18H15Cl2N3O2. The molecule has 7 heteroatoms. The lowest BCUT2D eigenvalue weighted by Crippen LogP contribution is -2.35. The Bertz CT molecular complexity index is 1010. The maximum absolute atomic E-state index is 12.7. The van der Waals surface area contributed by atoms with Crippen molar-refractivity contribution in [2.75, 3.05) is 5.43 Å². The van der Waals surface area contributed by atoms with Gasteiger partial charge in [0.05, 0.1) is 10.6 Å². The zero-order chi connectivity index (χ0) is 18.0. The molecule has 0 aliphatic rings. The molecule has 0 aliphatic heterocycles. The molecular weight excluding hydrogens is 361 g/mol. The number of nitrogens with zero attached hydrogens (tertiary/aromatic N) is 2. The molecule has 2 aromatic heterocycles. The van der Waals surface area contributed by atoms with Gasteiger partial charge in [-0.25, -0.2) is 4.98 Å². The third kappa shape index (κ3) is 3.52. The van der Waals surface area contributed by atoms with Crippen LogP contribution < -0.4 is 11.0 Å². The Kier molecular flexibility index (Phi) is 5.06. The summed E-state index contributed by atoms with van der Waals surface area (Å²) in [6.45, 7) is 1.99. The molecule has 2 heterocycles. The first-order valence-electron chi connectivity index (χ1n) is 7.77. The molecule has 1 N–H and O–H groups in total. The van der Waals surface area contributed by atoms with Crippen LogP contribution in [-0.4, -0.2) is 15.6 Å². The average Bonchev–Trinajstić information content (AvgIpc) is 2.58. The largest absolute Gasteiger partial charge is 0.274 e. The van der Waals surface area contributed by atoms with Gasteiger partial charge in [-0.05, 0) is 42.8 Å². The first kappa shape index (κ1) is 17.5. The summed E-state index contributed by atoms with van der Waals surface area (Å²) in [6.07, 6.45) is 3.00. The highest BCUT2D eigenvalue weighted by Crippen LogP contribution is 2.21. The number of benzene rings is 1. The molecule has 1 amide bonds. The first-order valence-corrected chi connectivity index (χ1v) is 8.53. The molecule has 3 aromatic rings. The SMILES string of the molecule is CCCc1cc2cccnc2n(NC(=O)c2ccc(Cl)cc2Cl)c1=O. The second-order valence-corrected chi connectivity index (χ2v) is 6.39. The predicted molar refractivity (Wildman–Crippen MR) is 100 cm³/mol. The number of halogens is 2. The van der Waals surface area contributed by atoms with Crippen molar-refractivity contribution in [3.8, 4) is 0 Å². The number of hydrogen-bond donors (Lipinski definition) is 1. The molecule has 1 aromatic carbocycles. The van der Waals surface area contributed by atoms with Crippen molar-refractivity contribution >= 4 is 40.1 Å². The van der Waals surface area contributed by atoms with E-state index >= 15 is 0 Å². The molecule has 0 atom stereocenters. The molecule has 25 heavy (non-hydrogen) atoms. The number of fused-ring (bicyclic) bond motifs is 1. The van der Waals surface area contributed by atoms with Crippen LogP contribution in [0, 0.1) is 0 Å². The van der Waals surface area contributed by atoms with E-state index in [1.165, 1.54) is 16.8 Å². The molecule has 0 saturated carbocycles. The van der Waals surface area contributed by atoms with E-state index in [4.69, 9.17) is 23.2 Å². The Balaban J connectivity index is 2.09. The number of aromatic nitrogens is 2. The van der Waals surface area contributed by atoms with Gasteiger partial charge in [0.1, 0.15) is 0 Å². The summed E-state index contributed by atoms with van der Waals surface area (Å²) in [4.78, 5) is 29.5. The van der Waals surface area contributed by atoms with Gasteiger partial charge in [-0.2, -0.15) is 4.68 Å². The minimum atomic E-state index is -0.510. The third-order valence-corrected chi connectivity index (χ3v) is 4.29. The summed E-state index contributed by atoms with van der Waals surface area (Å²) >= 11 is 11.9. The molecule has 0 spiro atoms. The molecule has 0 radical (unpaired) electrons. The number of hydrogen-bond acceptors (Lipinski definition) is 3.